The maximum absolute atomic E-state index is 12.3. The number of carbonyl (C=O) groups excluding carboxylic acids is 1. The number of aromatic nitrogens is 1. The first kappa shape index (κ1) is 14.6. The molecule has 2 aromatic rings. The molecule has 6 heteroatoms. The van der Waals surface area contributed by atoms with Crippen LogP contribution in [0.2, 0.25) is 5.02 Å². The topological polar surface area (TPSA) is 42.0 Å². The van der Waals surface area contributed by atoms with Crippen molar-refractivity contribution < 1.29 is 4.79 Å². The Morgan fingerprint density at radius 2 is 1.86 bits per heavy atom. The lowest BCUT2D eigenvalue weighted by Gasteiger charge is -2.03. The van der Waals surface area contributed by atoms with E-state index in [-0.39, 0.29) is 11.8 Å². The summed E-state index contributed by atoms with van der Waals surface area (Å²) in [5.41, 5.74) is 0.951. The van der Waals surface area contributed by atoms with Crippen LogP contribution in [-0.2, 0) is 4.79 Å². The van der Waals surface area contributed by atoms with E-state index >= 15 is 0 Å². The summed E-state index contributed by atoms with van der Waals surface area (Å²) in [7, 11) is 0. The smallest absolute Gasteiger partial charge is 0.232 e. The second-order valence-corrected chi connectivity index (χ2v) is 6.77. The molecule has 108 valence electrons. The number of nitrogens with one attached hydrogen (secondary N) is 1. The molecule has 1 aliphatic rings. The first-order chi connectivity index (χ1) is 10.00. The third-order valence-electron chi connectivity index (χ3n) is 3.47. The Kier molecular flexibility index (Phi) is 3.82. The molecule has 1 aromatic carbocycles. The SMILES string of the molecule is O=C(Nc1ccc(Cl)cn1)[C@H]1[C@H](c2ccccc2)C1(Cl)Cl. The molecule has 21 heavy (non-hydrogen) atoms. The molecule has 0 saturated heterocycles. The zero-order valence-electron chi connectivity index (χ0n) is 10.8. The number of amides is 1. The third kappa shape index (κ3) is 2.86. The highest BCUT2D eigenvalue weighted by Crippen LogP contribution is 2.65. The minimum Gasteiger partial charge on any atom is -0.310 e. The fourth-order valence-electron chi connectivity index (χ4n) is 2.38. The van der Waals surface area contributed by atoms with Crippen molar-refractivity contribution in [2.75, 3.05) is 5.32 Å². The normalized spacial score (nSPS) is 22.6. The highest BCUT2D eigenvalue weighted by molar-refractivity contribution is 6.53. The first-order valence-corrected chi connectivity index (χ1v) is 7.48. The summed E-state index contributed by atoms with van der Waals surface area (Å²) in [6, 6.07) is 12.8. The highest BCUT2D eigenvalue weighted by atomic mass is 35.5. The summed E-state index contributed by atoms with van der Waals surface area (Å²) in [6.45, 7) is 0. The van der Waals surface area contributed by atoms with Crippen LogP contribution in [0.1, 0.15) is 11.5 Å². The van der Waals surface area contributed by atoms with Gasteiger partial charge < -0.3 is 5.32 Å². The molecule has 2 atom stereocenters. The second-order valence-electron chi connectivity index (χ2n) is 4.89. The average molecular weight is 342 g/mol. The Morgan fingerprint density at radius 1 is 1.14 bits per heavy atom. The van der Waals surface area contributed by atoms with Gasteiger partial charge in [-0.1, -0.05) is 41.9 Å². The van der Waals surface area contributed by atoms with Gasteiger partial charge in [-0.05, 0) is 17.7 Å². The zero-order valence-corrected chi connectivity index (χ0v) is 13.0. The lowest BCUT2D eigenvalue weighted by Crippen LogP contribution is -2.17. The minimum atomic E-state index is -1.09. The van der Waals surface area contributed by atoms with Crippen LogP contribution in [0, 0.1) is 5.92 Å². The predicted molar refractivity (Wildman–Crippen MR) is 85.0 cm³/mol. The van der Waals surface area contributed by atoms with Crippen molar-refractivity contribution in [3.05, 3.63) is 59.2 Å². The average Bonchev–Trinajstić information content (AvgIpc) is 3.05. The van der Waals surface area contributed by atoms with E-state index in [2.05, 4.69) is 10.3 Å². The Labute approximate surface area is 137 Å². The van der Waals surface area contributed by atoms with Gasteiger partial charge in [0, 0.05) is 12.1 Å². The Hall–Kier alpha value is -1.29. The summed E-state index contributed by atoms with van der Waals surface area (Å²) in [5.74, 6) is -0.536. The lowest BCUT2D eigenvalue weighted by atomic mass is 10.1. The van der Waals surface area contributed by atoms with Gasteiger partial charge in [0.2, 0.25) is 5.91 Å². The Bertz CT molecular complexity index is 658. The van der Waals surface area contributed by atoms with Gasteiger partial charge in [-0.15, -0.1) is 23.2 Å². The van der Waals surface area contributed by atoms with Gasteiger partial charge in [-0.25, -0.2) is 4.98 Å². The van der Waals surface area contributed by atoms with Gasteiger partial charge in [0.05, 0.1) is 10.9 Å². The van der Waals surface area contributed by atoms with Crippen LogP contribution in [0.5, 0.6) is 0 Å². The second kappa shape index (κ2) is 5.48. The molecule has 0 bridgehead atoms. The van der Waals surface area contributed by atoms with Crippen LogP contribution in [-0.4, -0.2) is 15.2 Å². The number of rotatable bonds is 3. The molecule has 0 unspecified atom stereocenters. The number of halogens is 3. The number of pyridine rings is 1. The highest BCUT2D eigenvalue weighted by Gasteiger charge is 2.67. The molecule has 3 nitrogen and oxygen atoms in total. The van der Waals surface area contributed by atoms with Crippen molar-refractivity contribution in [3.63, 3.8) is 0 Å². The number of carbonyl (C=O) groups is 1. The quantitative estimate of drug-likeness (QED) is 0.848. The van der Waals surface area contributed by atoms with Crippen LogP contribution >= 0.6 is 34.8 Å². The van der Waals surface area contributed by atoms with E-state index in [1.807, 2.05) is 30.3 Å². The fourth-order valence-corrected chi connectivity index (χ4v) is 3.32. The number of benzene rings is 1. The summed E-state index contributed by atoms with van der Waals surface area (Å²) in [6.07, 6.45) is 1.47. The van der Waals surface area contributed by atoms with Crippen LogP contribution in [0.3, 0.4) is 0 Å². The van der Waals surface area contributed by atoms with E-state index in [0.29, 0.717) is 10.8 Å². The van der Waals surface area contributed by atoms with Gasteiger partial charge in [-0.3, -0.25) is 4.79 Å². The maximum atomic E-state index is 12.3. The third-order valence-corrected chi connectivity index (χ3v) is 4.64. The molecule has 1 saturated carbocycles. The maximum Gasteiger partial charge on any atom is 0.232 e. The van der Waals surface area contributed by atoms with Gasteiger partial charge in [0.1, 0.15) is 10.2 Å². The van der Waals surface area contributed by atoms with Crippen molar-refractivity contribution in [3.8, 4) is 0 Å². The van der Waals surface area contributed by atoms with Crippen molar-refractivity contribution in [1.29, 1.82) is 0 Å². The summed E-state index contributed by atoms with van der Waals surface area (Å²) in [5, 5.41) is 3.21. The van der Waals surface area contributed by atoms with Crippen molar-refractivity contribution in [1.82, 2.24) is 4.98 Å². The molecule has 0 spiro atoms. The van der Waals surface area contributed by atoms with Gasteiger partial charge >= 0.3 is 0 Å². The number of alkyl halides is 2. The molecule has 1 N–H and O–H groups in total. The Balaban J connectivity index is 1.75. The summed E-state index contributed by atoms with van der Waals surface area (Å²) in [4.78, 5) is 16.3. The molecule has 3 rings (SSSR count). The Morgan fingerprint density at radius 3 is 2.48 bits per heavy atom. The van der Waals surface area contributed by atoms with Crippen LogP contribution in [0.25, 0.3) is 0 Å². The van der Waals surface area contributed by atoms with Crippen LogP contribution in [0.15, 0.2) is 48.7 Å². The minimum absolute atomic E-state index is 0.214. The zero-order chi connectivity index (χ0) is 15.0. The molecule has 1 fully saturated rings. The fraction of sp³-hybridized carbons (Fsp3) is 0.200. The van der Waals surface area contributed by atoms with E-state index in [9.17, 15) is 4.79 Å². The number of anilines is 1. The van der Waals surface area contributed by atoms with Gasteiger partial charge in [-0.2, -0.15) is 0 Å². The van der Waals surface area contributed by atoms with Gasteiger partial charge in [0.25, 0.3) is 0 Å². The summed E-state index contributed by atoms with van der Waals surface area (Å²) >= 11 is 18.3. The number of hydrogen-bond acceptors (Lipinski definition) is 2. The predicted octanol–water partition coefficient (Wildman–Crippen LogP) is 4.26. The van der Waals surface area contributed by atoms with Crippen molar-refractivity contribution in [2.24, 2.45) is 5.92 Å². The molecule has 1 amide bonds. The number of nitrogens with zero attached hydrogens (tertiary/aromatic N) is 1. The standard InChI is InChI=1S/C15H11Cl3N2O/c16-10-6-7-11(19-8-10)20-14(21)13-12(15(13,17)18)9-4-2-1-3-5-9/h1-8,12-13H,(H,19,20,21)/t12-,13+/m0/s1. The van der Waals surface area contributed by atoms with E-state index in [1.54, 1.807) is 12.1 Å². The largest absolute Gasteiger partial charge is 0.310 e. The van der Waals surface area contributed by atoms with Crippen LogP contribution in [0.4, 0.5) is 5.82 Å². The molecule has 1 aromatic heterocycles. The van der Waals surface area contributed by atoms with E-state index < -0.39 is 10.3 Å². The lowest BCUT2D eigenvalue weighted by molar-refractivity contribution is -0.117. The van der Waals surface area contributed by atoms with Crippen LogP contribution < -0.4 is 5.32 Å². The van der Waals surface area contributed by atoms with Crippen molar-refractivity contribution >= 4 is 46.5 Å². The van der Waals surface area contributed by atoms with E-state index in [1.165, 1.54) is 6.20 Å². The van der Waals surface area contributed by atoms with Crippen molar-refractivity contribution in [2.45, 2.75) is 10.3 Å². The first-order valence-electron chi connectivity index (χ1n) is 6.35. The molecule has 1 aliphatic carbocycles. The summed E-state index contributed by atoms with van der Waals surface area (Å²) < 4.78 is -1.09. The molecule has 1 heterocycles. The molecule has 0 radical (unpaired) electrons. The molecular formula is C15H11Cl3N2O. The monoisotopic (exact) mass is 340 g/mol. The van der Waals surface area contributed by atoms with E-state index in [0.717, 1.165) is 5.56 Å². The number of hydrogen-bond donors (Lipinski definition) is 1. The van der Waals surface area contributed by atoms with Gasteiger partial charge in [0.15, 0.2) is 0 Å². The molecular weight excluding hydrogens is 331 g/mol. The molecule has 0 aliphatic heterocycles. The van der Waals surface area contributed by atoms with E-state index in [4.69, 9.17) is 34.8 Å².